The Kier molecular flexibility index (Phi) is 4.72. The Balaban J connectivity index is 1.99. The average molecular weight is 429 g/mol. The van der Waals surface area contributed by atoms with Gasteiger partial charge in [0, 0.05) is 17.2 Å². The van der Waals surface area contributed by atoms with Crippen molar-refractivity contribution in [3.05, 3.63) is 45.3 Å². The van der Waals surface area contributed by atoms with E-state index in [0.29, 0.717) is 0 Å². The lowest BCUT2D eigenvalue weighted by Crippen LogP contribution is -2.33. The number of aromatic nitrogens is 3. The maximum Gasteiger partial charge on any atom is 0.150 e. The van der Waals surface area contributed by atoms with E-state index < -0.39 is 0 Å². The van der Waals surface area contributed by atoms with Gasteiger partial charge in [0.15, 0.2) is 5.65 Å². The van der Waals surface area contributed by atoms with Crippen LogP contribution in [0.25, 0.3) is 16.7 Å². The van der Waals surface area contributed by atoms with E-state index in [1.165, 1.54) is 16.8 Å². The normalized spacial score (nSPS) is 17.3. The molecule has 0 bridgehead atoms. The van der Waals surface area contributed by atoms with Crippen LogP contribution in [-0.2, 0) is 0 Å². The Morgan fingerprint density at radius 2 is 1.81 bits per heavy atom. The van der Waals surface area contributed by atoms with Gasteiger partial charge >= 0.3 is 0 Å². The topological polar surface area (TPSA) is 54.2 Å². The Bertz CT molecular complexity index is 1000. The molecule has 1 fully saturated rings. The monoisotopic (exact) mass is 428 g/mol. The van der Waals surface area contributed by atoms with Gasteiger partial charge in [-0.15, -0.1) is 0 Å². The van der Waals surface area contributed by atoms with Crippen molar-refractivity contribution in [2.75, 3.05) is 18.1 Å². The van der Waals surface area contributed by atoms with Gasteiger partial charge < -0.3 is 14.6 Å². The fraction of sp³-hybridized carbons (Fsp3) is 0.429. The third-order valence-electron chi connectivity index (χ3n) is 5.48. The lowest BCUT2D eigenvalue weighted by molar-refractivity contribution is 0.266. The van der Waals surface area contributed by atoms with E-state index in [0.717, 1.165) is 52.1 Å². The first-order chi connectivity index (χ1) is 12.9. The molecule has 1 aromatic carbocycles. The molecule has 142 valence electrons. The van der Waals surface area contributed by atoms with Crippen LogP contribution >= 0.6 is 15.9 Å². The number of anilines is 1. The fourth-order valence-electron chi connectivity index (χ4n) is 4.36. The molecule has 2 aromatic heterocycles. The second-order valence-corrected chi connectivity index (χ2v) is 8.45. The second kappa shape index (κ2) is 6.91. The number of fused-ring (bicyclic) bond motifs is 1. The van der Waals surface area contributed by atoms with E-state index >= 15 is 0 Å². The van der Waals surface area contributed by atoms with Gasteiger partial charge in [0.25, 0.3) is 0 Å². The highest BCUT2D eigenvalue weighted by Gasteiger charge is 2.28. The highest BCUT2D eigenvalue weighted by Crippen LogP contribution is 2.35. The number of benzene rings is 1. The third-order valence-corrected chi connectivity index (χ3v) is 5.94. The van der Waals surface area contributed by atoms with Crippen LogP contribution in [0.4, 0.5) is 5.82 Å². The van der Waals surface area contributed by atoms with Crippen molar-refractivity contribution in [2.45, 2.75) is 46.6 Å². The van der Waals surface area contributed by atoms with Crippen LogP contribution in [0.1, 0.15) is 35.4 Å². The fourth-order valence-corrected chi connectivity index (χ4v) is 5.04. The Labute approximate surface area is 168 Å². The Hall–Kier alpha value is -1.92. The Morgan fingerprint density at radius 3 is 2.48 bits per heavy atom. The van der Waals surface area contributed by atoms with Gasteiger partial charge in [-0.25, -0.2) is 9.97 Å². The lowest BCUT2D eigenvalue weighted by atomic mass is 10.1. The van der Waals surface area contributed by atoms with Crippen molar-refractivity contribution in [3.63, 3.8) is 0 Å². The number of nitrogens with zero attached hydrogens (tertiary/aromatic N) is 4. The summed E-state index contributed by atoms with van der Waals surface area (Å²) in [6.45, 7) is 9.42. The van der Waals surface area contributed by atoms with Crippen molar-refractivity contribution in [3.8, 4) is 5.69 Å². The number of hydrogen-bond donors (Lipinski definition) is 1. The molecular formula is C21H25BrN4O. The molecule has 1 N–H and O–H groups in total. The van der Waals surface area contributed by atoms with E-state index in [9.17, 15) is 5.11 Å². The summed E-state index contributed by atoms with van der Waals surface area (Å²) >= 11 is 3.59. The van der Waals surface area contributed by atoms with Crippen LogP contribution in [0.15, 0.2) is 22.8 Å². The summed E-state index contributed by atoms with van der Waals surface area (Å²) in [6, 6.07) is 4.42. The molecule has 1 aliphatic heterocycles. The van der Waals surface area contributed by atoms with Crippen molar-refractivity contribution in [1.29, 1.82) is 0 Å². The highest BCUT2D eigenvalue weighted by molar-refractivity contribution is 9.10. The summed E-state index contributed by atoms with van der Waals surface area (Å²) in [5.74, 6) is 1.71. The summed E-state index contributed by atoms with van der Waals surface area (Å²) in [4.78, 5) is 11.9. The van der Waals surface area contributed by atoms with Crippen LogP contribution in [-0.4, -0.2) is 38.8 Å². The third kappa shape index (κ3) is 3.05. The molecule has 1 atom stereocenters. The van der Waals surface area contributed by atoms with E-state index in [2.05, 4.69) is 64.5 Å². The SMILES string of the molecule is Cc1nc(N2CCCC2CO)c2c(C)cn(-c3c(C)cc(Br)cc3C)c2n1. The summed E-state index contributed by atoms with van der Waals surface area (Å²) < 4.78 is 3.29. The van der Waals surface area contributed by atoms with Crippen LogP contribution in [0.3, 0.4) is 0 Å². The minimum absolute atomic E-state index is 0.140. The summed E-state index contributed by atoms with van der Waals surface area (Å²) in [5, 5.41) is 10.9. The van der Waals surface area contributed by atoms with Crippen molar-refractivity contribution in [2.24, 2.45) is 0 Å². The van der Waals surface area contributed by atoms with E-state index in [-0.39, 0.29) is 12.6 Å². The maximum atomic E-state index is 9.80. The molecule has 0 radical (unpaired) electrons. The predicted molar refractivity (Wildman–Crippen MR) is 113 cm³/mol. The van der Waals surface area contributed by atoms with Gasteiger partial charge in [0.05, 0.1) is 23.7 Å². The highest BCUT2D eigenvalue weighted by atomic mass is 79.9. The van der Waals surface area contributed by atoms with Crippen LogP contribution in [0.5, 0.6) is 0 Å². The van der Waals surface area contributed by atoms with Crippen LogP contribution in [0.2, 0.25) is 0 Å². The molecule has 1 saturated heterocycles. The zero-order chi connectivity index (χ0) is 19.3. The number of halogens is 1. The molecule has 0 spiro atoms. The average Bonchev–Trinajstić information content (AvgIpc) is 3.18. The molecular weight excluding hydrogens is 404 g/mol. The first kappa shape index (κ1) is 18.4. The van der Waals surface area contributed by atoms with Gasteiger partial charge in [-0.1, -0.05) is 15.9 Å². The molecule has 4 rings (SSSR count). The quantitative estimate of drug-likeness (QED) is 0.672. The molecule has 0 saturated carbocycles. The summed E-state index contributed by atoms with van der Waals surface area (Å²) in [7, 11) is 0. The number of aryl methyl sites for hydroxylation is 4. The predicted octanol–water partition coefficient (Wildman–Crippen LogP) is 4.38. The van der Waals surface area contributed by atoms with Gasteiger partial charge in [0.1, 0.15) is 11.6 Å². The zero-order valence-corrected chi connectivity index (χ0v) is 17.8. The number of aliphatic hydroxyl groups is 1. The molecule has 0 amide bonds. The zero-order valence-electron chi connectivity index (χ0n) is 16.3. The largest absolute Gasteiger partial charge is 0.394 e. The van der Waals surface area contributed by atoms with E-state index in [4.69, 9.17) is 9.97 Å². The van der Waals surface area contributed by atoms with E-state index in [1.54, 1.807) is 0 Å². The summed E-state index contributed by atoms with van der Waals surface area (Å²) in [6.07, 6.45) is 4.25. The van der Waals surface area contributed by atoms with Gasteiger partial charge in [-0.3, -0.25) is 0 Å². The lowest BCUT2D eigenvalue weighted by Gasteiger charge is -2.25. The van der Waals surface area contributed by atoms with E-state index in [1.807, 2.05) is 6.92 Å². The molecule has 6 heteroatoms. The molecule has 27 heavy (non-hydrogen) atoms. The van der Waals surface area contributed by atoms with Gasteiger partial charge in [-0.05, 0) is 69.4 Å². The van der Waals surface area contributed by atoms with Crippen LogP contribution < -0.4 is 4.90 Å². The smallest absolute Gasteiger partial charge is 0.150 e. The second-order valence-electron chi connectivity index (χ2n) is 7.54. The molecule has 1 unspecified atom stereocenters. The van der Waals surface area contributed by atoms with Crippen molar-refractivity contribution < 1.29 is 5.11 Å². The van der Waals surface area contributed by atoms with Gasteiger partial charge in [-0.2, -0.15) is 0 Å². The maximum absolute atomic E-state index is 9.80. The molecule has 1 aliphatic rings. The number of aliphatic hydroxyl groups excluding tert-OH is 1. The Morgan fingerprint density at radius 1 is 1.11 bits per heavy atom. The number of hydrogen-bond acceptors (Lipinski definition) is 4. The first-order valence-electron chi connectivity index (χ1n) is 9.41. The summed E-state index contributed by atoms with van der Waals surface area (Å²) in [5.41, 5.74) is 5.66. The molecule has 5 nitrogen and oxygen atoms in total. The number of rotatable bonds is 3. The molecule has 0 aliphatic carbocycles. The minimum Gasteiger partial charge on any atom is -0.394 e. The first-order valence-corrected chi connectivity index (χ1v) is 10.2. The van der Waals surface area contributed by atoms with Crippen LogP contribution in [0, 0.1) is 27.7 Å². The van der Waals surface area contributed by atoms with Crippen molar-refractivity contribution in [1.82, 2.24) is 14.5 Å². The van der Waals surface area contributed by atoms with Gasteiger partial charge in [0.2, 0.25) is 0 Å². The standard InChI is InChI=1S/C21H25BrN4O/c1-12-8-16(22)9-13(2)19(12)26-10-14(3)18-20(23-15(4)24-21(18)26)25-7-5-6-17(25)11-27/h8-10,17,27H,5-7,11H2,1-4H3. The minimum atomic E-state index is 0.140. The molecule has 3 aromatic rings. The van der Waals surface area contributed by atoms with Crippen molar-refractivity contribution >= 4 is 32.8 Å². The molecule has 3 heterocycles.